The number of rotatable bonds is 10. The Kier molecular flexibility index (Phi) is 13.4. The number of nitrogens with zero attached hydrogens (tertiary/aromatic N) is 2. The van der Waals surface area contributed by atoms with Crippen molar-refractivity contribution < 1.29 is 55.2 Å². The Hall–Kier alpha value is -5.82. The van der Waals surface area contributed by atoms with Crippen LogP contribution in [0.4, 0.5) is 37.7 Å². The number of aryl methyl sites for hydroxylation is 2. The molecular weight excluding hydrogens is 945 g/mol. The maximum absolute atomic E-state index is 14.4. The van der Waals surface area contributed by atoms with Gasteiger partial charge in [0, 0.05) is 55.6 Å². The number of carbonyl (C=O) groups is 2. The lowest BCUT2D eigenvalue weighted by atomic mass is 9.69. The summed E-state index contributed by atoms with van der Waals surface area (Å²) in [7, 11) is 0. The maximum atomic E-state index is 14.4. The van der Waals surface area contributed by atoms with Crippen LogP contribution in [0.5, 0.6) is 0 Å². The molecule has 0 saturated heterocycles. The number of aromatic nitrogens is 2. The summed E-state index contributed by atoms with van der Waals surface area (Å²) in [5, 5.41) is 29.8. The van der Waals surface area contributed by atoms with Gasteiger partial charge >= 0.3 is 23.6 Å². The topological polar surface area (TPSA) is 213 Å². The molecule has 12 nitrogen and oxygen atoms in total. The first-order chi connectivity index (χ1) is 31.8. The van der Waals surface area contributed by atoms with Gasteiger partial charge in [-0.3, -0.25) is 9.59 Å². The molecule has 2 heterocycles. The molecule has 2 fully saturated rings. The number of aliphatic hydroxyl groups is 2. The first-order valence-corrected chi connectivity index (χ1v) is 22.1. The summed E-state index contributed by atoms with van der Waals surface area (Å²) in [6.07, 6.45) is -8.55. The second kappa shape index (κ2) is 18.3. The number of Topliss-reactive ketones (excluding diaryl/α,β-unsaturated/α-hetero) is 2. The molecule has 0 bridgehead atoms. The minimum Gasteiger partial charge on any atom is -0.398 e. The monoisotopic (exact) mass is 988 g/mol. The van der Waals surface area contributed by atoms with Crippen molar-refractivity contribution in [3.63, 3.8) is 0 Å². The van der Waals surface area contributed by atoms with Gasteiger partial charge < -0.3 is 30.7 Å². The lowest BCUT2D eigenvalue weighted by molar-refractivity contribution is -0.244. The zero-order chi connectivity index (χ0) is 49.8. The summed E-state index contributed by atoms with van der Waals surface area (Å²) in [5.74, 6) is -3.18. The van der Waals surface area contributed by atoms with Crippen LogP contribution in [0, 0.1) is 13.8 Å². The fourth-order valence-corrected chi connectivity index (χ4v) is 10.8. The number of benzene rings is 4. The van der Waals surface area contributed by atoms with Crippen molar-refractivity contribution in [2.75, 3.05) is 11.5 Å². The standard InChI is InChI=1S/2C24H22ClF3N2O4/c2*1-13-18-14(21(32)34-30-13)8-9-15(19(18)29)20(31)23(33,24(26,27)28)12-22(10-4-5-11-22)16-6-2-3-7-17(16)25/h2*2-3,6-9,33H,4-5,10-12,29H2,1H3. The maximum Gasteiger partial charge on any atom is 0.424 e. The molecule has 2 aromatic heterocycles. The van der Waals surface area contributed by atoms with E-state index < -0.39 is 81.2 Å². The molecule has 0 aliphatic heterocycles. The van der Waals surface area contributed by atoms with Crippen molar-refractivity contribution in [1.82, 2.24) is 10.3 Å². The van der Waals surface area contributed by atoms with Crippen LogP contribution in [0.3, 0.4) is 0 Å². The molecular formula is C48H44Cl2F6N4O8. The first kappa shape index (κ1) is 50.1. The molecule has 2 unspecified atom stereocenters. The van der Waals surface area contributed by atoms with Gasteiger partial charge in [0.1, 0.15) is 0 Å². The highest BCUT2D eigenvalue weighted by Crippen LogP contribution is 2.54. The van der Waals surface area contributed by atoms with E-state index in [9.17, 15) is 55.7 Å². The van der Waals surface area contributed by atoms with Crippen LogP contribution in [0.15, 0.2) is 91.4 Å². The van der Waals surface area contributed by atoms with Crippen LogP contribution in [-0.4, -0.2) is 55.6 Å². The Labute approximate surface area is 393 Å². The lowest BCUT2D eigenvalue weighted by Gasteiger charge is -2.39. The molecule has 6 N–H and O–H groups in total. The van der Waals surface area contributed by atoms with Crippen LogP contribution in [0.25, 0.3) is 21.5 Å². The first-order valence-electron chi connectivity index (χ1n) is 21.4. The Bertz CT molecular complexity index is 2870. The van der Waals surface area contributed by atoms with Crippen molar-refractivity contribution in [2.45, 2.75) is 112 Å². The molecule has 68 heavy (non-hydrogen) atoms. The number of hydrogen-bond donors (Lipinski definition) is 4. The van der Waals surface area contributed by atoms with E-state index in [0.717, 1.165) is 24.3 Å². The average molecular weight is 990 g/mol. The molecule has 6 aromatic rings. The minimum atomic E-state index is -5.30. The average Bonchev–Trinajstić information content (AvgIpc) is 3.96. The third-order valence-electron chi connectivity index (χ3n) is 13.6. The fraction of sp³-hybridized carbons (Fsp3) is 0.375. The van der Waals surface area contributed by atoms with Crippen LogP contribution in [-0.2, 0) is 10.8 Å². The predicted octanol–water partition coefficient (Wildman–Crippen LogP) is 10.2. The zero-order valence-corrected chi connectivity index (χ0v) is 37.9. The van der Waals surface area contributed by atoms with Crippen molar-refractivity contribution in [3.8, 4) is 0 Å². The molecule has 2 saturated carbocycles. The molecule has 4 aromatic carbocycles. The summed E-state index contributed by atoms with van der Waals surface area (Å²) in [5.41, 5.74) is 0.00672. The highest BCUT2D eigenvalue weighted by atomic mass is 35.5. The number of carbonyl (C=O) groups excluding carboxylic acids is 2. The normalized spacial score (nSPS) is 17.6. The number of fused-ring (bicyclic) bond motifs is 2. The third-order valence-corrected chi connectivity index (χ3v) is 14.2. The van der Waals surface area contributed by atoms with Crippen LogP contribution in [0.1, 0.15) is 107 Å². The van der Waals surface area contributed by atoms with Gasteiger partial charge in [0.15, 0.2) is 0 Å². The number of anilines is 2. The van der Waals surface area contributed by atoms with E-state index in [-0.39, 0.29) is 54.4 Å². The van der Waals surface area contributed by atoms with E-state index in [1.54, 1.807) is 48.5 Å². The zero-order valence-electron chi connectivity index (χ0n) is 36.4. The summed E-state index contributed by atoms with van der Waals surface area (Å²) in [6.45, 7) is 2.88. The third kappa shape index (κ3) is 8.64. The number of halogens is 8. The van der Waals surface area contributed by atoms with E-state index >= 15 is 0 Å². The quantitative estimate of drug-likeness (QED) is 0.0574. The largest absolute Gasteiger partial charge is 0.424 e. The Morgan fingerprint density at radius 3 is 1.24 bits per heavy atom. The minimum absolute atomic E-state index is 0.00769. The molecule has 360 valence electrons. The van der Waals surface area contributed by atoms with Crippen molar-refractivity contribution in [3.05, 3.63) is 137 Å². The lowest BCUT2D eigenvalue weighted by Crippen LogP contribution is -2.55. The molecule has 0 amide bonds. The fourth-order valence-electron chi connectivity index (χ4n) is 10.2. The number of ketones is 2. The van der Waals surface area contributed by atoms with E-state index in [4.69, 9.17) is 34.7 Å². The van der Waals surface area contributed by atoms with Crippen molar-refractivity contribution in [1.29, 1.82) is 0 Å². The highest BCUT2D eigenvalue weighted by molar-refractivity contribution is 6.31. The summed E-state index contributed by atoms with van der Waals surface area (Å²) < 4.78 is 95.9. The Morgan fingerprint density at radius 1 is 0.603 bits per heavy atom. The van der Waals surface area contributed by atoms with Gasteiger partial charge in [-0.15, -0.1) is 0 Å². The van der Waals surface area contributed by atoms with E-state index in [1.807, 2.05) is 0 Å². The summed E-state index contributed by atoms with van der Waals surface area (Å²) in [6, 6.07) is 17.4. The van der Waals surface area contributed by atoms with Crippen LogP contribution >= 0.6 is 23.2 Å². The molecule has 2 aliphatic carbocycles. The molecule has 20 heteroatoms. The van der Waals surface area contributed by atoms with Gasteiger partial charge in [-0.05, 0) is 87.1 Å². The van der Waals surface area contributed by atoms with Gasteiger partial charge in [-0.2, -0.15) is 26.3 Å². The van der Waals surface area contributed by atoms with Gasteiger partial charge in [-0.25, -0.2) is 9.59 Å². The Morgan fingerprint density at radius 2 is 0.926 bits per heavy atom. The van der Waals surface area contributed by atoms with Crippen molar-refractivity contribution in [2.24, 2.45) is 0 Å². The number of nitrogen functional groups attached to an aromatic ring is 2. The second-order valence-electron chi connectivity index (χ2n) is 17.7. The van der Waals surface area contributed by atoms with Gasteiger partial charge in [0.2, 0.25) is 22.8 Å². The number of alkyl halides is 6. The number of hydrogen-bond acceptors (Lipinski definition) is 12. The second-order valence-corrected chi connectivity index (χ2v) is 18.5. The van der Waals surface area contributed by atoms with Crippen molar-refractivity contribution >= 4 is 67.7 Å². The van der Waals surface area contributed by atoms with Gasteiger partial charge in [-0.1, -0.05) is 95.6 Å². The van der Waals surface area contributed by atoms with E-state index in [2.05, 4.69) is 19.4 Å². The smallest absolute Gasteiger partial charge is 0.398 e. The predicted molar refractivity (Wildman–Crippen MR) is 242 cm³/mol. The highest BCUT2D eigenvalue weighted by Gasteiger charge is 2.64. The molecule has 8 rings (SSSR count). The van der Waals surface area contributed by atoms with E-state index in [1.165, 1.54) is 13.8 Å². The van der Waals surface area contributed by atoms with Crippen LogP contribution < -0.4 is 22.7 Å². The molecule has 0 radical (unpaired) electrons. The summed E-state index contributed by atoms with van der Waals surface area (Å²) in [4.78, 5) is 50.8. The summed E-state index contributed by atoms with van der Waals surface area (Å²) >= 11 is 12.7. The van der Waals surface area contributed by atoms with Gasteiger partial charge in [0.05, 0.1) is 33.5 Å². The molecule has 2 atom stereocenters. The molecule has 0 spiro atoms. The van der Waals surface area contributed by atoms with Crippen LogP contribution in [0.2, 0.25) is 10.0 Å². The SMILES string of the molecule is Cc1noc(=O)c2ccc(C(=O)C(O)(CC3(c4ccccc4Cl)CCCC3)C(F)(F)F)c(N)c12.Cc1noc(=O)c2ccc(C(=O)C(O)(CC3(c4ccccc4Cl)CCCC3)C(F)(F)F)c(N)c12. The Balaban J connectivity index is 0.000000201. The van der Waals surface area contributed by atoms with Gasteiger partial charge in [0.25, 0.3) is 0 Å². The molecule has 2 aliphatic rings. The van der Waals surface area contributed by atoms with E-state index in [0.29, 0.717) is 62.5 Å². The number of nitrogens with two attached hydrogens (primary N) is 2.